The monoisotopic (exact) mass is 379 g/mol. The number of nitrogens with one attached hydrogen (secondary N) is 2. The number of aromatic nitrogens is 2. The van der Waals surface area contributed by atoms with Crippen LogP contribution in [-0.4, -0.2) is 26.3 Å². The van der Waals surface area contributed by atoms with Crippen LogP contribution in [0.5, 0.6) is 0 Å². The van der Waals surface area contributed by atoms with Gasteiger partial charge in [-0.15, -0.1) is 0 Å². The highest BCUT2D eigenvalue weighted by Crippen LogP contribution is 2.14. The largest absolute Gasteiger partial charge is 0.331 e. The van der Waals surface area contributed by atoms with Gasteiger partial charge in [0.2, 0.25) is 5.91 Å². The first-order valence-electron chi connectivity index (χ1n) is 8.36. The quantitative estimate of drug-likeness (QED) is 0.399. The summed E-state index contributed by atoms with van der Waals surface area (Å²) in [6.45, 7) is 0. The average molecular weight is 379 g/mol. The number of nitro benzene ring substituents is 1. The third-order valence-corrected chi connectivity index (χ3v) is 4.05. The van der Waals surface area contributed by atoms with Gasteiger partial charge in [0, 0.05) is 25.3 Å². The Balaban J connectivity index is 1.52. The number of carbonyl (C=O) groups excluding carboxylic acids is 2. The van der Waals surface area contributed by atoms with Gasteiger partial charge in [0.05, 0.1) is 22.4 Å². The van der Waals surface area contributed by atoms with Crippen molar-refractivity contribution in [3.05, 3.63) is 76.1 Å². The highest BCUT2D eigenvalue weighted by Gasteiger charge is 2.11. The number of fused-ring (bicyclic) bond motifs is 1. The number of rotatable bonds is 5. The molecule has 0 aliphatic rings. The van der Waals surface area contributed by atoms with Gasteiger partial charge in [-0.2, -0.15) is 0 Å². The number of imidazole rings is 1. The summed E-state index contributed by atoms with van der Waals surface area (Å²) in [6.07, 6.45) is 2.71. The lowest BCUT2D eigenvalue weighted by atomic mass is 10.2. The van der Waals surface area contributed by atoms with Crippen LogP contribution in [-0.2, 0) is 23.1 Å². The van der Waals surface area contributed by atoms with E-state index in [1.54, 1.807) is 0 Å². The van der Waals surface area contributed by atoms with Crippen LogP contribution in [0.4, 0.5) is 5.69 Å². The Kier molecular flexibility index (Phi) is 5.45. The third kappa shape index (κ3) is 4.39. The molecule has 1 aromatic heterocycles. The number of carbonyl (C=O) groups is 2. The Morgan fingerprint density at radius 1 is 1.14 bits per heavy atom. The van der Waals surface area contributed by atoms with Crippen LogP contribution in [0.25, 0.3) is 17.1 Å². The minimum absolute atomic E-state index is 0.0114. The molecule has 0 radical (unpaired) electrons. The molecule has 0 unspecified atom stereocenters. The zero-order valence-corrected chi connectivity index (χ0v) is 15.0. The highest BCUT2D eigenvalue weighted by molar-refractivity contribution is 5.93. The summed E-state index contributed by atoms with van der Waals surface area (Å²) in [5.74, 6) is -0.360. The Morgan fingerprint density at radius 3 is 2.54 bits per heavy atom. The predicted molar refractivity (Wildman–Crippen MR) is 103 cm³/mol. The number of benzene rings is 2. The molecule has 0 aliphatic heterocycles. The van der Waals surface area contributed by atoms with Crippen molar-refractivity contribution in [1.29, 1.82) is 0 Å². The molecule has 142 valence electrons. The lowest BCUT2D eigenvalue weighted by Gasteiger charge is -2.05. The Morgan fingerprint density at radius 2 is 1.86 bits per heavy atom. The number of non-ortho nitro benzene ring substituents is 1. The molecular formula is C19H17N5O4. The highest BCUT2D eigenvalue weighted by atomic mass is 16.6. The van der Waals surface area contributed by atoms with Crippen molar-refractivity contribution >= 4 is 34.6 Å². The van der Waals surface area contributed by atoms with Crippen molar-refractivity contribution in [3.63, 3.8) is 0 Å². The lowest BCUT2D eigenvalue weighted by molar-refractivity contribution is -0.384. The molecule has 3 rings (SSSR count). The van der Waals surface area contributed by atoms with E-state index in [9.17, 15) is 19.7 Å². The van der Waals surface area contributed by atoms with E-state index in [1.807, 2.05) is 35.9 Å². The minimum atomic E-state index is -0.531. The van der Waals surface area contributed by atoms with Crippen LogP contribution in [0.3, 0.4) is 0 Å². The van der Waals surface area contributed by atoms with E-state index in [2.05, 4.69) is 15.8 Å². The Labute approximate surface area is 159 Å². The number of amides is 2. The number of hydrazine groups is 1. The standard InChI is InChI=1S/C19H17N5O4/c1-23-16-5-3-2-4-15(16)20-17(23)12-19(26)22-21-18(25)11-8-13-6-9-14(10-7-13)24(27)28/h2-11H,12H2,1H3,(H,21,25)(H,22,26). The lowest BCUT2D eigenvalue weighted by Crippen LogP contribution is -2.41. The van der Waals surface area contributed by atoms with Crippen molar-refractivity contribution in [2.24, 2.45) is 7.05 Å². The summed E-state index contributed by atoms with van der Waals surface area (Å²) in [7, 11) is 1.82. The molecule has 0 saturated heterocycles. The molecule has 9 nitrogen and oxygen atoms in total. The van der Waals surface area contributed by atoms with Crippen LogP contribution >= 0.6 is 0 Å². The number of aryl methyl sites for hydroxylation is 1. The molecule has 0 spiro atoms. The molecule has 0 saturated carbocycles. The first kappa shape index (κ1) is 18.8. The van der Waals surface area contributed by atoms with Gasteiger partial charge in [0.15, 0.2) is 0 Å². The first-order chi connectivity index (χ1) is 13.4. The summed E-state index contributed by atoms with van der Waals surface area (Å²) in [4.78, 5) is 38.4. The molecule has 0 bridgehead atoms. The first-order valence-corrected chi connectivity index (χ1v) is 8.36. The van der Waals surface area contributed by atoms with Gasteiger partial charge in [-0.25, -0.2) is 4.98 Å². The zero-order valence-electron chi connectivity index (χ0n) is 15.0. The van der Waals surface area contributed by atoms with Crippen LogP contribution in [0.15, 0.2) is 54.6 Å². The van der Waals surface area contributed by atoms with Crippen LogP contribution in [0.1, 0.15) is 11.4 Å². The fourth-order valence-corrected chi connectivity index (χ4v) is 2.59. The van der Waals surface area contributed by atoms with E-state index < -0.39 is 16.7 Å². The molecule has 0 fully saturated rings. The third-order valence-electron chi connectivity index (χ3n) is 4.05. The maximum atomic E-state index is 12.1. The SMILES string of the molecule is Cn1c(CC(=O)NNC(=O)C=Cc2ccc([N+](=O)[O-])cc2)nc2ccccc21. The molecule has 0 atom stereocenters. The van der Waals surface area contributed by atoms with Gasteiger partial charge in [0.25, 0.3) is 11.6 Å². The second kappa shape index (κ2) is 8.12. The second-order valence-electron chi connectivity index (χ2n) is 5.97. The van der Waals surface area contributed by atoms with E-state index in [1.165, 1.54) is 36.4 Å². The second-order valence-corrected chi connectivity index (χ2v) is 5.97. The number of para-hydroxylation sites is 2. The van der Waals surface area contributed by atoms with E-state index >= 15 is 0 Å². The van der Waals surface area contributed by atoms with Crippen LogP contribution in [0, 0.1) is 10.1 Å². The molecule has 9 heteroatoms. The van der Waals surface area contributed by atoms with Crippen molar-refractivity contribution in [1.82, 2.24) is 20.4 Å². The van der Waals surface area contributed by atoms with Crippen molar-refractivity contribution in [2.75, 3.05) is 0 Å². The van der Waals surface area contributed by atoms with Gasteiger partial charge in [-0.05, 0) is 35.9 Å². The molecule has 2 amide bonds. The molecular weight excluding hydrogens is 362 g/mol. The summed E-state index contributed by atoms with van der Waals surface area (Å²) in [6, 6.07) is 13.3. The van der Waals surface area contributed by atoms with Gasteiger partial charge in [0.1, 0.15) is 5.82 Å². The Bertz CT molecular complexity index is 1070. The maximum Gasteiger partial charge on any atom is 0.269 e. The van der Waals surface area contributed by atoms with Crippen molar-refractivity contribution in [2.45, 2.75) is 6.42 Å². The van der Waals surface area contributed by atoms with Crippen LogP contribution in [0.2, 0.25) is 0 Å². The summed E-state index contributed by atoms with van der Waals surface area (Å²) >= 11 is 0. The van der Waals surface area contributed by atoms with E-state index in [4.69, 9.17) is 0 Å². The molecule has 2 N–H and O–H groups in total. The Hall–Kier alpha value is -4.01. The summed E-state index contributed by atoms with van der Waals surface area (Å²) in [5, 5.41) is 10.6. The van der Waals surface area contributed by atoms with E-state index in [0.29, 0.717) is 11.4 Å². The van der Waals surface area contributed by atoms with Crippen molar-refractivity contribution in [3.8, 4) is 0 Å². The molecule has 1 heterocycles. The number of hydrogen-bond acceptors (Lipinski definition) is 5. The van der Waals surface area contributed by atoms with Gasteiger partial charge < -0.3 is 4.57 Å². The smallest absolute Gasteiger partial charge is 0.269 e. The summed E-state index contributed by atoms with van der Waals surface area (Å²) < 4.78 is 1.82. The maximum absolute atomic E-state index is 12.1. The molecule has 3 aromatic rings. The number of hydrogen-bond donors (Lipinski definition) is 2. The molecule has 28 heavy (non-hydrogen) atoms. The van der Waals surface area contributed by atoms with Crippen LogP contribution < -0.4 is 10.9 Å². The fourth-order valence-electron chi connectivity index (χ4n) is 2.59. The minimum Gasteiger partial charge on any atom is -0.331 e. The van der Waals surface area contributed by atoms with Gasteiger partial charge in [-0.1, -0.05) is 12.1 Å². The van der Waals surface area contributed by atoms with Gasteiger partial charge in [-0.3, -0.25) is 30.6 Å². The summed E-state index contributed by atoms with van der Waals surface area (Å²) in [5.41, 5.74) is 6.91. The topological polar surface area (TPSA) is 119 Å². The number of nitrogens with zero attached hydrogens (tertiary/aromatic N) is 3. The molecule has 0 aliphatic carbocycles. The van der Waals surface area contributed by atoms with Gasteiger partial charge >= 0.3 is 0 Å². The fraction of sp³-hybridized carbons (Fsp3) is 0.105. The van der Waals surface area contributed by atoms with E-state index in [0.717, 1.165) is 11.0 Å². The predicted octanol–water partition coefficient (Wildman–Crippen LogP) is 1.88. The normalized spacial score (nSPS) is 10.9. The molecule has 2 aromatic carbocycles. The van der Waals surface area contributed by atoms with Crippen molar-refractivity contribution < 1.29 is 14.5 Å². The number of nitro groups is 1. The average Bonchev–Trinajstić information content (AvgIpc) is 3.00. The zero-order chi connectivity index (χ0) is 20.1. The van der Waals surface area contributed by atoms with E-state index in [-0.39, 0.29) is 12.1 Å².